The average molecular weight is 436 g/mol. The van der Waals surface area contributed by atoms with Crippen LogP contribution >= 0.6 is 0 Å². The number of benzene rings is 2. The van der Waals surface area contributed by atoms with E-state index in [4.69, 9.17) is 14.2 Å². The Morgan fingerprint density at radius 1 is 1.03 bits per heavy atom. The number of nitrogens with zero attached hydrogens (tertiary/aromatic N) is 1. The number of rotatable bonds is 10. The van der Waals surface area contributed by atoms with Crippen molar-refractivity contribution in [2.45, 2.75) is 65.1 Å². The lowest BCUT2D eigenvalue weighted by Crippen LogP contribution is -2.27. The minimum Gasteiger partial charge on any atom is -0.423 e. The molecule has 0 amide bonds. The van der Waals surface area contributed by atoms with Crippen molar-refractivity contribution in [3.05, 3.63) is 64.7 Å². The normalized spacial score (nSPS) is 18.2. The first-order valence-electron chi connectivity index (χ1n) is 11.7. The minimum atomic E-state index is -0.455. The number of carbonyl (C=O) groups is 1. The van der Waals surface area contributed by atoms with Crippen molar-refractivity contribution in [2.75, 3.05) is 13.2 Å². The van der Waals surface area contributed by atoms with E-state index < -0.39 is 12.3 Å². The molecule has 0 atom stereocenters. The van der Waals surface area contributed by atoms with Crippen LogP contribution < -0.4 is 4.74 Å². The van der Waals surface area contributed by atoms with Crippen molar-refractivity contribution in [2.24, 2.45) is 5.92 Å². The van der Waals surface area contributed by atoms with Crippen LogP contribution in [0.4, 0.5) is 0 Å². The van der Waals surface area contributed by atoms with Crippen LogP contribution in [0, 0.1) is 17.2 Å². The zero-order valence-electron chi connectivity index (χ0n) is 19.1. The highest BCUT2D eigenvalue weighted by Crippen LogP contribution is 2.28. The zero-order valence-corrected chi connectivity index (χ0v) is 19.1. The van der Waals surface area contributed by atoms with E-state index in [-0.39, 0.29) is 0 Å². The van der Waals surface area contributed by atoms with Gasteiger partial charge < -0.3 is 14.2 Å². The third-order valence-corrected chi connectivity index (χ3v) is 5.81. The second-order valence-corrected chi connectivity index (χ2v) is 8.41. The highest BCUT2D eigenvalue weighted by molar-refractivity contribution is 5.91. The van der Waals surface area contributed by atoms with Gasteiger partial charge in [0.1, 0.15) is 5.75 Å². The summed E-state index contributed by atoms with van der Waals surface area (Å²) in [5.41, 5.74) is 2.87. The molecule has 0 N–H and O–H groups in total. The number of carbonyl (C=O) groups excluding carboxylic acids is 1. The predicted octanol–water partition coefficient (Wildman–Crippen LogP) is 6.36. The Morgan fingerprint density at radius 2 is 1.75 bits per heavy atom. The largest absolute Gasteiger partial charge is 0.423 e. The van der Waals surface area contributed by atoms with Crippen LogP contribution in [-0.2, 0) is 15.9 Å². The first-order valence-corrected chi connectivity index (χ1v) is 11.7. The monoisotopic (exact) mass is 435 g/mol. The molecule has 3 rings (SSSR count). The first-order chi connectivity index (χ1) is 15.6. The van der Waals surface area contributed by atoms with Gasteiger partial charge in [-0.2, -0.15) is 5.26 Å². The fourth-order valence-electron chi connectivity index (χ4n) is 3.84. The maximum Gasteiger partial charge on any atom is 0.343 e. The molecule has 170 valence electrons. The van der Waals surface area contributed by atoms with Crippen LogP contribution in [0.15, 0.2) is 42.5 Å². The van der Waals surface area contributed by atoms with Gasteiger partial charge in [0.15, 0.2) is 6.29 Å². The van der Waals surface area contributed by atoms with Crippen molar-refractivity contribution < 1.29 is 19.0 Å². The Bertz CT molecular complexity index is 908. The summed E-state index contributed by atoms with van der Waals surface area (Å²) in [6, 6.07) is 14.6. The van der Waals surface area contributed by atoms with E-state index in [0.717, 1.165) is 36.8 Å². The lowest BCUT2D eigenvalue weighted by molar-refractivity contribution is -0.206. The molecule has 32 heavy (non-hydrogen) atoms. The Hall–Kier alpha value is -2.68. The van der Waals surface area contributed by atoms with E-state index >= 15 is 0 Å². The van der Waals surface area contributed by atoms with E-state index in [1.54, 1.807) is 24.3 Å². The van der Waals surface area contributed by atoms with Gasteiger partial charge in [0.2, 0.25) is 0 Å². The van der Waals surface area contributed by atoms with Gasteiger partial charge in [0, 0.05) is 11.5 Å². The number of ether oxygens (including phenoxy) is 3. The van der Waals surface area contributed by atoms with Crippen molar-refractivity contribution in [1.82, 2.24) is 0 Å². The standard InChI is InChI=1S/C27H33NO4/c1-3-5-7-8-20-18-30-27(31-19-20)23-12-10-22(11-13-23)26(29)32-25-15-14-21(9-6-4-2)24(16-25)17-28/h10-16,20,27H,3-9,18-19H2,1-2H3. The van der Waals surface area contributed by atoms with Gasteiger partial charge in [-0.05, 0) is 49.1 Å². The predicted molar refractivity (Wildman–Crippen MR) is 123 cm³/mol. The zero-order chi connectivity index (χ0) is 22.8. The van der Waals surface area contributed by atoms with Gasteiger partial charge in [-0.3, -0.25) is 0 Å². The lowest BCUT2D eigenvalue weighted by atomic mass is 10.0. The molecule has 0 aliphatic carbocycles. The van der Waals surface area contributed by atoms with E-state index in [0.29, 0.717) is 36.0 Å². The first kappa shape index (κ1) is 24.0. The molecular formula is C27H33NO4. The van der Waals surface area contributed by atoms with Gasteiger partial charge in [-0.1, -0.05) is 57.7 Å². The molecule has 5 nitrogen and oxygen atoms in total. The molecule has 0 unspecified atom stereocenters. The highest BCUT2D eigenvalue weighted by Gasteiger charge is 2.23. The molecular weight excluding hydrogens is 402 g/mol. The Labute approximate surface area is 191 Å². The smallest absolute Gasteiger partial charge is 0.343 e. The molecule has 0 bridgehead atoms. The van der Waals surface area contributed by atoms with E-state index in [2.05, 4.69) is 19.9 Å². The van der Waals surface area contributed by atoms with Gasteiger partial charge in [0.25, 0.3) is 0 Å². The molecule has 5 heteroatoms. The van der Waals surface area contributed by atoms with Gasteiger partial charge in [0.05, 0.1) is 30.4 Å². The maximum atomic E-state index is 12.6. The number of aryl methyl sites for hydroxylation is 1. The van der Waals surface area contributed by atoms with Crippen molar-refractivity contribution in [1.29, 1.82) is 5.26 Å². The second-order valence-electron chi connectivity index (χ2n) is 8.41. The van der Waals surface area contributed by atoms with Crippen LogP contribution in [0.3, 0.4) is 0 Å². The van der Waals surface area contributed by atoms with Gasteiger partial charge in [-0.15, -0.1) is 0 Å². The third-order valence-electron chi connectivity index (χ3n) is 5.81. The van der Waals surface area contributed by atoms with Crippen LogP contribution in [-0.4, -0.2) is 19.2 Å². The van der Waals surface area contributed by atoms with Crippen LogP contribution in [0.25, 0.3) is 0 Å². The van der Waals surface area contributed by atoms with Crippen molar-refractivity contribution in [3.8, 4) is 11.8 Å². The molecule has 2 aromatic rings. The summed E-state index contributed by atoms with van der Waals surface area (Å²) >= 11 is 0. The maximum absolute atomic E-state index is 12.6. The molecule has 0 aromatic heterocycles. The Balaban J connectivity index is 1.55. The SMILES string of the molecule is CCCCCC1COC(c2ccc(C(=O)Oc3ccc(CCCC)c(C#N)c3)cc2)OC1. The molecule has 1 aliphatic heterocycles. The van der Waals surface area contributed by atoms with Crippen LogP contribution in [0.1, 0.15) is 85.7 Å². The van der Waals surface area contributed by atoms with E-state index in [9.17, 15) is 10.1 Å². The summed E-state index contributed by atoms with van der Waals surface area (Å²) < 4.78 is 17.3. The third kappa shape index (κ3) is 6.66. The molecule has 0 saturated carbocycles. The number of esters is 1. The Kier molecular flexibility index (Phi) is 9.27. The fraction of sp³-hybridized carbons (Fsp3) is 0.481. The van der Waals surface area contributed by atoms with Gasteiger partial charge in [-0.25, -0.2) is 4.79 Å². The minimum absolute atomic E-state index is 0.379. The van der Waals surface area contributed by atoms with E-state index in [1.165, 1.54) is 19.3 Å². The number of unbranched alkanes of at least 4 members (excludes halogenated alkanes) is 3. The molecule has 1 saturated heterocycles. The Morgan fingerprint density at radius 3 is 2.41 bits per heavy atom. The second kappa shape index (κ2) is 12.4. The van der Waals surface area contributed by atoms with Crippen molar-refractivity contribution >= 4 is 5.97 Å². The average Bonchev–Trinajstić information content (AvgIpc) is 2.84. The lowest BCUT2D eigenvalue weighted by Gasteiger charge is -2.29. The van der Waals surface area contributed by atoms with Crippen LogP contribution in [0.5, 0.6) is 5.75 Å². The quantitative estimate of drug-likeness (QED) is 0.247. The van der Waals surface area contributed by atoms with Crippen LogP contribution in [0.2, 0.25) is 0 Å². The molecule has 0 radical (unpaired) electrons. The summed E-state index contributed by atoms with van der Waals surface area (Å²) in [5.74, 6) is 0.380. The van der Waals surface area contributed by atoms with E-state index in [1.807, 2.05) is 18.2 Å². The van der Waals surface area contributed by atoms with Crippen molar-refractivity contribution in [3.63, 3.8) is 0 Å². The summed E-state index contributed by atoms with van der Waals surface area (Å²) in [6.45, 7) is 5.73. The molecule has 1 aliphatic rings. The number of hydrogen-bond acceptors (Lipinski definition) is 5. The summed E-state index contributed by atoms with van der Waals surface area (Å²) in [6.07, 6.45) is 7.36. The molecule has 2 aromatic carbocycles. The highest BCUT2D eigenvalue weighted by atomic mass is 16.7. The summed E-state index contributed by atoms with van der Waals surface area (Å²) in [4.78, 5) is 12.6. The van der Waals surface area contributed by atoms with Gasteiger partial charge >= 0.3 is 5.97 Å². The number of nitriles is 1. The topological polar surface area (TPSA) is 68.5 Å². The summed E-state index contributed by atoms with van der Waals surface area (Å²) in [7, 11) is 0. The molecule has 1 heterocycles. The summed E-state index contributed by atoms with van der Waals surface area (Å²) in [5, 5.41) is 9.40. The fourth-order valence-corrected chi connectivity index (χ4v) is 3.84. The molecule has 1 fully saturated rings. The number of hydrogen-bond donors (Lipinski definition) is 0. The molecule has 0 spiro atoms.